The van der Waals surface area contributed by atoms with Crippen LogP contribution in [0.2, 0.25) is 0 Å². The van der Waals surface area contributed by atoms with Crippen LogP contribution in [0.1, 0.15) is 25.7 Å². The van der Waals surface area contributed by atoms with Crippen LogP contribution in [0.4, 0.5) is 14.5 Å². The molecule has 1 aromatic heterocycles. The first kappa shape index (κ1) is 14.7. The van der Waals surface area contributed by atoms with Crippen molar-refractivity contribution in [3.05, 3.63) is 36.7 Å². The summed E-state index contributed by atoms with van der Waals surface area (Å²) >= 11 is 0. The number of carbonyl (C=O) groups is 1. The van der Waals surface area contributed by atoms with E-state index in [2.05, 4.69) is 15.5 Å². The summed E-state index contributed by atoms with van der Waals surface area (Å²) in [6.45, 7) is 0. The summed E-state index contributed by atoms with van der Waals surface area (Å²) in [5.74, 6) is -3.92. The van der Waals surface area contributed by atoms with Gasteiger partial charge in [-0.05, 0) is 30.5 Å². The van der Waals surface area contributed by atoms with E-state index in [1.807, 2.05) is 12.1 Å². The average molecular weight is 305 g/mol. The first-order chi connectivity index (χ1) is 10.5. The molecule has 1 heterocycles. The highest BCUT2D eigenvalue weighted by atomic mass is 19.3. The van der Waals surface area contributed by atoms with E-state index in [0.717, 1.165) is 11.1 Å². The minimum Gasteiger partial charge on any atom is -0.326 e. The molecule has 116 valence electrons. The normalized spacial score (nSPS) is 20.0. The van der Waals surface area contributed by atoms with Crippen molar-refractivity contribution in [1.82, 2.24) is 10.2 Å². The summed E-state index contributed by atoms with van der Waals surface area (Å²) in [5.41, 5.74) is 2.40. The summed E-state index contributed by atoms with van der Waals surface area (Å²) in [5, 5.41) is 9.31. The summed E-state index contributed by atoms with van der Waals surface area (Å²) in [6, 6.07) is 7.25. The third-order valence-corrected chi connectivity index (χ3v) is 4.07. The molecule has 1 atom stereocenters. The second kappa shape index (κ2) is 5.87. The molecule has 22 heavy (non-hydrogen) atoms. The largest absolute Gasteiger partial charge is 0.326 e. The Morgan fingerprint density at radius 1 is 1.41 bits per heavy atom. The summed E-state index contributed by atoms with van der Waals surface area (Å²) in [7, 11) is 0. The molecule has 4 nitrogen and oxygen atoms in total. The second-order valence-corrected chi connectivity index (χ2v) is 5.67. The lowest BCUT2D eigenvalue weighted by Gasteiger charge is -2.18. The van der Waals surface area contributed by atoms with Gasteiger partial charge in [0.25, 0.3) is 5.92 Å². The van der Waals surface area contributed by atoms with E-state index in [-0.39, 0.29) is 18.7 Å². The number of benzene rings is 1. The molecule has 2 N–H and O–H groups in total. The van der Waals surface area contributed by atoms with Crippen LogP contribution < -0.4 is 5.32 Å². The minimum atomic E-state index is -2.71. The van der Waals surface area contributed by atoms with Crippen molar-refractivity contribution in [2.75, 3.05) is 5.32 Å². The number of aromatic amines is 1. The van der Waals surface area contributed by atoms with Gasteiger partial charge in [0.15, 0.2) is 0 Å². The molecule has 1 saturated carbocycles. The lowest BCUT2D eigenvalue weighted by molar-refractivity contribution is -0.120. The number of nitrogens with zero attached hydrogens (tertiary/aromatic N) is 1. The first-order valence-corrected chi connectivity index (χ1v) is 7.31. The number of carbonyl (C=O) groups excluding carboxylic acids is 1. The van der Waals surface area contributed by atoms with Gasteiger partial charge in [-0.3, -0.25) is 9.89 Å². The number of anilines is 1. The van der Waals surface area contributed by atoms with Crippen LogP contribution in [-0.4, -0.2) is 22.0 Å². The Morgan fingerprint density at radius 2 is 2.27 bits per heavy atom. The van der Waals surface area contributed by atoms with Crippen LogP contribution in [0.25, 0.3) is 11.1 Å². The lowest BCUT2D eigenvalue weighted by Crippen LogP contribution is -2.26. The molecule has 1 aromatic carbocycles. The van der Waals surface area contributed by atoms with Crippen LogP contribution in [0.15, 0.2) is 36.7 Å². The van der Waals surface area contributed by atoms with Gasteiger partial charge in [-0.2, -0.15) is 5.10 Å². The SMILES string of the molecule is O=C(CC1CCCC1(F)F)Nc1cccc(-c2cn[nH]c2)c1. The summed E-state index contributed by atoms with van der Waals surface area (Å²) < 4.78 is 27.1. The van der Waals surface area contributed by atoms with E-state index in [1.165, 1.54) is 0 Å². The number of hydrogen-bond donors (Lipinski definition) is 2. The summed E-state index contributed by atoms with van der Waals surface area (Å²) in [4.78, 5) is 12.0. The standard InChI is InChI=1S/C16H17F2N3O/c17-16(18)6-2-4-13(16)8-15(22)21-14-5-1-3-11(7-14)12-9-19-20-10-12/h1,3,5,7,9-10,13H,2,4,6,8H2,(H,19,20)(H,21,22). The highest BCUT2D eigenvalue weighted by Gasteiger charge is 2.44. The summed E-state index contributed by atoms with van der Waals surface area (Å²) in [6.07, 6.45) is 4.08. The predicted octanol–water partition coefficient (Wildman–Crippen LogP) is 3.84. The Morgan fingerprint density at radius 3 is 2.95 bits per heavy atom. The molecule has 0 saturated heterocycles. The van der Waals surface area contributed by atoms with Crippen LogP contribution in [0.5, 0.6) is 0 Å². The van der Waals surface area contributed by atoms with E-state index < -0.39 is 11.8 Å². The Balaban J connectivity index is 1.66. The van der Waals surface area contributed by atoms with E-state index in [9.17, 15) is 13.6 Å². The van der Waals surface area contributed by atoms with Crippen LogP contribution >= 0.6 is 0 Å². The maximum Gasteiger partial charge on any atom is 0.251 e. The van der Waals surface area contributed by atoms with Crippen molar-refractivity contribution in [2.24, 2.45) is 5.92 Å². The molecule has 1 aliphatic rings. The maximum absolute atomic E-state index is 13.6. The van der Waals surface area contributed by atoms with Crippen LogP contribution in [0, 0.1) is 5.92 Å². The van der Waals surface area contributed by atoms with Crippen molar-refractivity contribution in [3.8, 4) is 11.1 Å². The fourth-order valence-corrected chi connectivity index (χ4v) is 2.87. The molecule has 2 aromatic rings. The van der Waals surface area contributed by atoms with E-state index in [1.54, 1.807) is 24.5 Å². The van der Waals surface area contributed by atoms with E-state index in [4.69, 9.17) is 0 Å². The Bertz CT molecular complexity index is 655. The first-order valence-electron chi connectivity index (χ1n) is 7.31. The Hall–Kier alpha value is -2.24. The number of aromatic nitrogens is 2. The molecular formula is C16H17F2N3O. The average Bonchev–Trinajstić information content (AvgIpc) is 3.10. The van der Waals surface area contributed by atoms with Crippen molar-refractivity contribution >= 4 is 11.6 Å². The molecule has 1 aliphatic carbocycles. The third-order valence-electron chi connectivity index (χ3n) is 4.07. The van der Waals surface area contributed by atoms with Gasteiger partial charge in [0.1, 0.15) is 0 Å². The van der Waals surface area contributed by atoms with Gasteiger partial charge in [0, 0.05) is 36.2 Å². The fraction of sp³-hybridized carbons (Fsp3) is 0.375. The molecule has 1 amide bonds. The maximum atomic E-state index is 13.6. The molecule has 3 rings (SSSR count). The molecule has 0 aliphatic heterocycles. The number of amides is 1. The zero-order valence-electron chi connectivity index (χ0n) is 12.0. The van der Waals surface area contributed by atoms with Gasteiger partial charge in [-0.1, -0.05) is 12.1 Å². The van der Waals surface area contributed by atoms with Gasteiger partial charge >= 0.3 is 0 Å². The zero-order valence-corrected chi connectivity index (χ0v) is 12.0. The predicted molar refractivity (Wildman–Crippen MR) is 79.6 cm³/mol. The number of alkyl halides is 2. The topological polar surface area (TPSA) is 57.8 Å². The Kier molecular flexibility index (Phi) is 3.92. The van der Waals surface area contributed by atoms with Gasteiger partial charge in [0.05, 0.1) is 6.20 Å². The molecule has 0 radical (unpaired) electrons. The van der Waals surface area contributed by atoms with Gasteiger partial charge < -0.3 is 5.32 Å². The molecule has 0 spiro atoms. The van der Waals surface area contributed by atoms with Crippen LogP contribution in [-0.2, 0) is 4.79 Å². The Labute approximate surface area is 126 Å². The molecule has 0 bridgehead atoms. The minimum absolute atomic E-state index is 0.110. The van der Waals surface area contributed by atoms with Crippen molar-refractivity contribution in [2.45, 2.75) is 31.6 Å². The highest BCUT2D eigenvalue weighted by molar-refractivity contribution is 5.91. The molecule has 6 heteroatoms. The number of halogens is 2. The molecule has 1 fully saturated rings. The molecule has 1 unspecified atom stereocenters. The smallest absolute Gasteiger partial charge is 0.251 e. The number of rotatable bonds is 4. The lowest BCUT2D eigenvalue weighted by atomic mass is 10.0. The van der Waals surface area contributed by atoms with Gasteiger partial charge in [-0.25, -0.2) is 8.78 Å². The van der Waals surface area contributed by atoms with Crippen LogP contribution in [0.3, 0.4) is 0 Å². The molecular weight excluding hydrogens is 288 g/mol. The third kappa shape index (κ3) is 3.16. The fourth-order valence-electron chi connectivity index (χ4n) is 2.87. The number of H-pyrrole nitrogens is 1. The zero-order chi connectivity index (χ0) is 15.6. The van der Waals surface area contributed by atoms with Gasteiger partial charge in [0.2, 0.25) is 5.91 Å². The highest BCUT2D eigenvalue weighted by Crippen LogP contribution is 2.42. The van der Waals surface area contributed by atoms with Crippen molar-refractivity contribution < 1.29 is 13.6 Å². The monoisotopic (exact) mass is 305 g/mol. The van der Waals surface area contributed by atoms with E-state index >= 15 is 0 Å². The number of hydrogen-bond acceptors (Lipinski definition) is 2. The van der Waals surface area contributed by atoms with E-state index in [0.29, 0.717) is 18.5 Å². The van der Waals surface area contributed by atoms with Crippen molar-refractivity contribution in [1.29, 1.82) is 0 Å². The second-order valence-electron chi connectivity index (χ2n) is 5.67. The number of nitrogens with one attached hydrogen (secondary N) is 2. The quantitative estimate of drug-likeness (QED) is 0.901. The van der Waals surface area contributed by atoms with Gasteiger partial charge in [-0.15, -0.1) is 0 Å². The van der Waals surface area contributed by atoms with Crippen molar-refractivity contribution in [3.63, 3.8) is 0 Å².